The molecule has 0 radical (unpaired) electrons. The molecule has 44 heavy (non-hydrogen) atoms. The van der Waals surface area contributed by atoms with Gasteiger partial charge < -0.3 is 20.7 Å². The number of halogens is 6. The zero-order valence-electron chi connectivity index (χ0n) is 25.4. The van der Waals surface area contributed by atoms with Gasteiger partial charge in [-0.3, -0.25) is 4.79 Å². The van der Waals surface area contributed by atoms with Crippen LogP contribution < -0.4 is 11.1 Å². The first-order valence-electron chi connectivity index (χ1n) is 15.4. The molecule has 11 heteroatoms. The molecule has 0 spiro atoms. The number of benzene rings is 2. The molecule has 0 bridgehead atoms. The van der Waals surface area contributed by atoms with Crippen molar-refractivity contribution < 1.29 is 35.9 Å². The number of nitrogens with one attached hydrogen (secondary N) is 1. The lowest BCUT2D eigenvalue weighted by Gasteiger charge is -2.40. The lowest BCUT2D eigenvalue weighted by molar-refractivity contribution is -0.146. The normalized spacial score (nSPS) is 22.9. The van der Waals surface area contributed by atoms with E-state index < -0.39 is 28.9 Å². The van der Waals surface area contributed by atoms with Crippen LogP contribution in [0.2, 0.25) is 0 Å². The minimum atomic E-state index is -4.36. The maximum absolute atomic E-state index is 13.7. The lowest BCUT2D eigenvalue weighted by atomic mass is 9.73. The highest BCUT2D eigenvalue weighted by atomic mass is 19.4. The monoisotopic (exact) mass is 627 g/mol. The smallest absolute Gasteiger partial charge is 0.381 e. The van der Waals surface area contributed by atoms with E-state index in [0.29, 0.717) is 29.8 Å². The third kappa shape index (κ3) is 7.95. The van der Waals surface area contributed by atoms with Crippen LogP contribution in [0.15, 0.2) is 42.5 Å². The van der Waals surface area contributed by atoms with Gasteiger partial charge in [0.15, 0.2) is 0 Å². The molecule has 5 rings (SSSR count). The van der Waals surface area contributed by atoms with Gasteiger partial charge in [0.1, 0.15) is 0 Å². The van der Waals surface area contributed by atoms with Gasteiger partial charge in [0, 0.05) is 38.4 Å². The number of rotatable bonds is 6. The predicted octanol–water partition coefficient (Wildman–Crippen LogP) is 6.76. The van der Waals surface area contributed by atoms with E-state index >= 15 is 0 Å². The molecule has 1 aliphatic carbocycles. The molecule has 2 atom stereocenters. The fourth-order valence-corrected chi connectivity index (χ4v) is 6.91. The van der Waals surface area contributed by atoms with E-state index in [0.717, 1.165) is 57.5 Å². The number of ether oxygens (including phenoxy) is 1. The quantitative estimate of drug-likeness (QED) is 0.348. The topological polar surface area (TPSA) is 67.6 Å². The fraction of sp³-hybridized carbons (Fsp3) is 0.606. The van der Waals surface area contributed by atoms with Gasteiger partial charge in [-0.25, -0.2) is 0 Å². The molecule has 2 aliphatic heterocycles. The Labute approximate surface area is 255 Å². The SMILES string of the molecule is CC(C)[C@]1(C(=O)N2CCc3c(cccc3C(F)(F)F)C2)CCC(NC2CCOCC2)C1.NCCc1ccccc1C(F)(F)F. The second-order valence-corrected chi connectivity index (χ2v) is 12.4. The fourth-order valence-electron chi connectivity index (χ4n) is 6.91. The molecule has 1 unspecified atom stereocenters. The Morgan fingerprint density at radius 2 is 1.64 bits per heavy atom. The van der Waals surface area contributed by atoms with Crippen molar-refractivity contribution >= 4 is 5.91 Å². The van der Waals surface area contributed by atoms with Crippen LogP contribution in [-0.4, -0.2) is 49.2 Å². The van der Waals surface area contributed by atoms with Crippen LogP contribution in [0.1, 0.15) is 73.8 Å². The third-order valence-corrected chi connectivity index (χ3v) is 9.37. The van der Waals surface area contributed by atoms with Gasteiger partial charge in [-0.1, -0.05) is 44.2 Å². The van der Waals surface area contributed by atoms with Crippen LogP contribution >= 0.6 is 0 Å². The summed E-state index contributed by atoms with van der Waals surface area (Å²) in [4.78, 5) is 15.6. The highest BCUT2D eigenvalue weighted by Crippen LogP contribution is 2.47. The van der Waals surface area contributed by atoms with E-state index in [4.69, 9.17) is 10.5 Å². The number of carbonyl (C=O) groups excluding carboxylic acids is 1. The van der Waals surface area contributed by atoms with Crippen LogP contribution in [0.25, 0.3) is 0 Å². The lowest BCUT2D eigenvalue weighted by Crippen LogP contribution is -2.49. The first-order valence-corrected chi connectivity index (χ1v) is 15.4. The van der Waals surface area contributed by atoms with E-state index in [1.54, 1.807) is 17.0 Å². The highest BCUT2D eigenvalue weighted by molar-refractivity contribution is 5.84. The minimum absolute atomic E-state index is 0.113. The molecular weight excluding hydrogens is 584 g/mol. The molecule has 1 saturated carbocycles. The minimum Gasteiger partial charge on any atom is -0.381 e. The Morgan fingerprint density at radius 3 is 2.27 bits per heavy atom. The predicted molar refractivity (Wildman–Crippen MR) is 157 cm³/mol. The highest BCUT2D eigenvalue weighted by Gasteiger charge is 2.50. The van der Waals surface area contributed by atoms with Crippen LogP contribution in [0.4, 0.5) is 26.3 Å². The van der Waals surface area contributed by atoms with Gasteiger partial charge in [-0.15, -0.1) is 0 Å². The summed E-state index contributed by atoms with van der Waals surface area (Å²) in [6.07, 6.45) is -3.51. The van der Waals surface area contributed by atoms with Gasteiger partial charge in [-0.2, -0.15) is 26.3 Å². The molecule has 3 aliphatic rings. The van der Waals surface area contributed by atoms with Crippen molar-refractivity contribution in [2.75, 3.05) is 26.3 Å². The Balaban J connectivity index is 0.000000285. The number of carbonyl (C=O) groups is 1. The number of amides is 1. The molecule has 2 aromatic carbocycles. The van der Waals surface area contributed by atoms with Crippen molar-refractivity contribution in [2.45, 2.75) is 89.8 Å². The zero-order valence-corrected chi connectivity index (χ0v) is 25.4. The van der Waals surface area contributed by atoms with E-state index in [1.807, 2.05) is 0 Å². The molecular formula is C33H43F6N3O2. The molecule has 1 saturated heterocycles. The Kier molecular flexibility index (Phi) is 11.1. The van der Waals surface area contributed by atoms with Crippen LogP contribution in [-0.2, 0) is 41.3 Å². The second-order valence-electron chi connectivity index (χ2n) is 12.4. The standard InChI is InChI=1S/C24H33F3N2O2.C9H10F3N/c1-16(2)23(10-6-19(14-23)28-18-8-12-31-13-9-18)22(30)29-11-7-20-17(15-29)4-3-5-21(20)24(25,26)27;10-9(11,12)8-4-2-1-3-7(8)5-6-13/h3-5,16,18-19,28H,6-15H2,1-2H3;1-4H,5-6,13H2/t19?,23-;/m0./s1. The van der Waals surface area contributed by atoms with Gasteiger partial charge in [0.25, 0.3) is 0 Å². The summed E-state index contributed by atoms with van der Waals surface area (Å²) in [5.74, 6) is 0.297. The number of alkyl halides is 6. The van der Waals surface area contributed by atoms with Crippen molar-refractivity contribution in [3.8, 4) is 0 Å². The van der Waals surface area contributed by atoms with Crippen molar-refractivity contribution in [2.24, 2.45) is 17.1 Å². The number of hydrogen-bond acceptors (Lipinski definition) is 4. The summed E-state index contributed by atoms with van der Waals surface area (Å²) < 4.78 is 82.6. The summed E-state index contributed by atoms with van der Waals surface area (Å²) in [6, 6.07) is 10.6. The average molecular weight is 628 g/mol. The third-order valence-electron chi connectivity index (χ3n) is 9.37. The average Bonchev–Trinajstić information content (AvgIpc) is 3.41. The Hall–Kier alpha value is -2.63. The summed E-state index contributed by atoms with van der Waals surface area (Å²) >= 11 is 0. The maximum atomic E-state index is 13.7. The number of fused-ring (bicyclic) bond motifs is 1. The largest absolute Gasteiger partial charge is 0.416 e. The molecule has 5 nitrogen and oxygen atoms in total. The molecule has 2 heterocycles. The zero-order chi connectivity index (χ0) is 32.1. The van der Waals surface area contributed by atoms with Crippen LogP contribution in [0, 0.1) is 11.3 Å². The van der Waals surface area contributed by atoms with Gasteiger partial charge >= 0.3 is 12.4 Å². The van der Waals surface area contributed by atoms with Gasteiger partial charge in [0.05, 0.1) is 16.5 Å². The van der Waals surface area contributed by atoms with Gasteiger partial charge in [0.2, 0.25) is 5.91 Å². The van der Waals surface area contributed by atoms with E-state index in [2.05, 4.69) is 19.2 Å². The Morgan fingerprint density at radius 1 is 0.977 bits per heavy atom. The number of nitrogens with zero attached hydrogens (tertiary/aromatic N) is 1. The summed E-state index contributed by atoms with van der Waals surface area (Å²) in [5.41, 5.74) is 4.86. The van der Waals surface area contributed by atoms with Crippen molar-refractivity contribution in [1.82, 2.24) is 10.2 Å². The number of nitrogens with two attached hydrogens (primary N) is 1. The molecule has 2 fully saturated rings. The Bertz CT molecular complexity index is 1260. The van der Waals surface area contributed by atoms with Crippen molar-refractivity contribution in [1.29, 1.82) is 0 Å². The molecule has 2 aromatic rings. The second kappa shape index (κ2) is 14.2. The molecule has 1 amide bonds. The molecule has 0 aromatic heterocycles. The molecule has 244 valence electrons. The van der Waals surface area contributed by atoms with Crippen molar-refractivity contribution in [3.05, 3.63) is 70.3 Å². The van der Waals surface area contributed by atoms with E-state index in [9.17, 15) is 31.1 Å². The van der Waals surface area contributed by atoms with Crippen molar-refractivity contribution in [3.63, 3.8) is 0 Å². The first-order chi connectivity index (χ1) is 20.8. The first kappa shape index (κ1) is 34.2. The van der Waals surface area contributed by atoms with E-state index in [1.165, 1.54) is 18.2 Å². The molecule has 3 N–H and O–H groups in total. The summed E-state index contributed by atoms with van der Waals surface area (Å²) in [7, 11) is 0. The van der Waals surface area contributed by atoms with Crippen LogP contribution in [0.5, 0.6) is 0 Å². The number of hydrogen-bond donors (Lipinski definition) is 2. The maximum Gasteiger partial charge on any atom is 0.416 e. The summed E-state index contributed by atoms with van der Waals surface area (Å²) in [6.45, 7) is 6.63. The summed E-state index contributed by atoms with van der Waals surface area (Å²) in [5, 5.41) is 3.75. The van der Waals surface area contributed by atoms with Gasteiger partial charge in [-0.05, 0) is 86.2 Å². The van der Waals surface area contributed by atoms with Crippen LogP contribution in [0.3, 0.4) is 0 Å². The van der Waals surface area contributed by atoms with E-state index in [-0.39, 0.29) is 43.3 Å².